The molecule has 3 aliphatic rings. The molecule has 23 heavy (non-hydrogen) atoms. The lowest BCUT2D eigenvalue weighted by molar-refractivity contribution is 0.0256. The van der Waals surface area contributed by atoms with Gasteiger partial charge < -0.3 is 14.7 Å². The summed E-state index contributed by atoms with van der Waals surface area (Å²) in [4.78, 5) is 6.64. The van der Waals surface area contributed by atoms with E-state index in [-0.39, 0.29) is 5.75 Å². The van der Waals surface area contributed by atoms with Crippen LogP contribution in [0.25, 0.3) is 11.1 Å². The van der Waals surface area contributed by atoms with Crippen molar-refractivity contribution in [3.63, 3.8) is 0 Å². The first-order valence-corrected chi connectivity index (χ1v) is 8.38. The van der Waals surface area contributed by atoms with Crippen molar-refractivity contribution in [2.45, 2.75) is 12.8 Å². The monoisotopic (exact) mass is 310 g/mol. The molecule has 2 bridgehead atoms. The third-order valence-corrected chi connectivity index (χ3v) is 5.20. The van der Waals surface area contributed by atoms with Crippen molar-refractivity contribution < 1.29 is 9.84 Å². The predicted molar refractivity (Wildman–Crippen MR) is 89.5 cm³/mol. The Labute approximate surface area is 136 Å². The zero-order valence-electron chi connectivity index (χ0n) is 13.2. The molecule has 3 saturated heterocycles. The van der Waals surface area contributed by atoms with Crippen molar-refractivity contribution >= 4 is 0 Å². The van der Waals surface area contributed by atoms with Crippen LogP contribution in [0, 0.1) is 11.8 Å². The van der Waals surface area contributed by atoms with Crippen molar-refractivity contribution in [1.29, 1.82) is 0 Å². The Hall–Kier alpha value is -2.07. The summed E-state index contributed by atoms with van der Waals surface area (Å²) < 4.78 is 5.97. The summed E-state index contributed by atoms with van der Waals surface area (Å²) in [6, 6.07) is 9.35. The van der Waals surface area contributed by atoms with E-state index in [0.717, 1.165) is 35.9 Å². The SMILES string of the molecule is Oc1cc(OCC2CN3CCC2CC3)ccc1-c1cccnc1. The summed E-state index contributed by atoms with van der Waals surface area (Å²) in [5.41, 5.74) is 1.70. The van der Waals surface area contributed by atoms with E-state index in [4.69, 9.17) is 4.74 Å². The van der Waals surface area contributed by atoms with Crippen LogP contribution in [0.1, 0.15) is 12.8 Å². The van der Waals surface area contributed by atoms with E-state index < -0.39 is 0 Å². The number of phenols is 1. The topological polar surface area (TPSA) is 45.6 Å². The van der Waals surface area contributed by atoms with Crippen molar-refractivity contribution in [1.82, 2.24) is 9.88 Å². The molecular formula is C19H22N2O2. The first-order valence-electron chi connectivity index (χ1n) is 8.38. The van der Waals surface area contributed by atoms with Gasteiger partial charge in [0.2, 0.25) is 0 Å². The number of aromatic hydroxyl groups is 1. The zero-order valence-corrected chi connectivity index (χ0v) is 13.2. The van der Waals surface area contributed by atoms with Crippen molar-refractivity contribution in [2.75, 3.05) is 26.2 Å². The van der Waals surface area contributed by atoms with Crippen LogP contribution < -0.4 is 4.74 Å². The minimum absolute atomic E-state index is 0.240. The summed E-state index contributed by atoms with van der Waals surface area (Å²) in [7, 11) is 0. The molecular weight excluding hydrogens is 288 g/mol. The van der Waals surface area contributed by atoms with Gasteiger partial charge in [-0.05, 0) is 50.0 Å². The van der Waals surface area contributed by atoms with Crippen LogP contribution in [0.3, 0.4) is 0 Å². The van der Waals surface area contributed by atoms with Gasteiger partial charge in [0.05, 0.1) is 6.61 Å². The molecule has 1 aromatic carbocycles. The average Bonchev–Trinajstić information content (AvgIpc) is 2.62. The predicted octanol–water partition coefficient (Wildman–Crippen LogP) is 3.17. The highest BCUT2D eigenvalue weighted by molar-refractivity contribution is 5.70. The highest BCUT2D eigenvalue weighted by Crippen LogP contribution is 2.34. The number of hydrogen-bond donors (Lipinski definition) is 1. The normalized spacial score (nSPS) is 26.2. The lowest BCUT2D eigenvalue weighted by Crippen LogP contribution is -2.49. The van der Waals surface area contributed by atoms with E-state index in [1.807, 2.05) is 24.3 Å². The second-order valence-corrected chi connectivity index (χ2v) is 6.63. The summed E-state index contributed by atoms with van der Waals surface area (Å²) in [5, 5.41) is 10.3. The van der Waals surface area contributed by atoms with Crippen molar-refractivity contribution in [2.24, 2.45) is 11.8 Å². The second-order valence-electron chi connectivity index (χ2n) is 6.63. The van der Waals surface area contributed by atoms with Crippen LogP contribution in [0.2, 0.25) is 0 Å². The van der Waals surface area contributed by atoms with E-state index in [2.05, 4.69) is 9.88 Å². The molecule has 4 nitrogen and oxygen atoms in total. The first-order chi connectivity index (χ1) is 11.3. The number of benzene rings is 1. The molecule has 2 aromatic rings. The lowest BCUT2D eigenvalue weighted by atomic mass is 9.79. The van der Waals surface area contributed by atoms with Gasteiger partial charge >= 0.3 is 0 Å². The Morgan fingerprint density at radius 2 is 2.09 bits per heavy atom. The average molecular weight is 310 g/mol. The molecule has 3 aliphatic heterocycles. The number of hydrogen-bond acceptors (Lipinski definition) is 4. The lowest BCUT2D eigenvalue weighted by Gasteiger charge is -2.44. The summed E-state index contributed by atoms with van der Waals surface area (Å²) in [6.45, 7) is 4.40. The number of fused-ring (bicyclic) bond motifs is 3. The minimum atomic E-state index is 0.240. The van der Waals surface area contributed by atoms with Gasteiger partial charge in [-0.2, -0.15) is 0 Å². The maximum atomic E-state index is 10.3. The van der Waals surface area contributed by atoms with Gasteiger partial charge in [0.1, 0.15) is 11.5 Å². The molecule has 1 atom stereocenters. The summed E-state index contributed by atoms with van der Waals surface area (Å²) >= 11 is 0. The molecule has 0 radical (unpaired) electrons. The third kappa shape index (κ3) is 3.04. The van der Waals surface area contributed by atoms with Gasteiger partial charge in [-0.15, -0.1) is 0 Å². The molecule has 1 unspecified atom stereocenters. The van der Waals surface area contributed by atoms with Crippen LogP contribution in [0.15, 0.2) is 42.7 Å². The number of pyridine rings is 1. The smallest absolute Gasteiger partial charge is 0.127 e. The summed E-state index contributed by atoms with van der Waals surface area (Å²) in [5.74, 6) is 2.41. The van der Waals surface area contributed by atoms with Crippen LogP contribution in [0.4, 0.5) is 0 Å². The molecule has 0 amide bonds. The number of phenolic OH excluding ortho intramolecular Hbond substituents is 1. The highest BCUT2D eigenvalue weighted by Gasteiger charge is 2.34. The van der Waals surface area contributed by atoms with Crippen molar-refractivity contribution in [3.8, 4) is 22.6 Å². The fraction of sp³-hybridized carbons (Fsp3) is 0.421. The minimum Gasteiger partial charge on any atom is -0.507 e. The fourth-order valence-electron chi connectivity index (χ4n) is 3.85. The zero-order chi connectivity index (χ0) is 15.6. The fourth-order valence-corrected chi connectivity index (χ4v) is 3.85. The van der Waals surface area contributed by atoms with Gasteiger partial charge in [0.25, 0.3) is 0 Å². The van der Waals surface area contributed by atoms with E-state index in [9.17, 15) is 5.11 Å². The van der Waals surface area contributed by atoms with E-state index in [1.54, 1.807) is 18.5 Å². The van der Waals surface area contributed by atoms with Gasteiger partial charge in [-0.25, -0.2) is 0 Å². The Bertz CT molecular complexity index is 666. The van der Waals surface area contributed by atoms with E-state index >= 15 is 0 Å². The largest absolute Gasteiger partial charge is 0.507 e. The number of ether oxygens (including phenoxy) is 1. The molecule has 120 valence electrons. The van der Waals surface area contributed by atoms with Gasteiger partial charge in [0.15, 0.2) is 0 Å². The molecule has 0 saturated carbocycles. The molecule has 3 fully saturated rings. The van der Waals surface area contributed by atoms with E-state index in [1.165, 1.54) is 25.9 Å². The standard InChI is InChI=1S/C19H22N2O2/c22-19-10-17(3-4-18(19)15-2-1-7-20-11-15)23-13-16-12-21-8-5-14(16)6-9-21/h1-4,7,10-11,14,16,22H,5-6,8-9,12-13H2. The van der Waals surface area contributed by atoms with Gasteiger partial charge in [-0.1, -0.05) is 6.07 Å². The van der Waals surface area contributed by atoms with Crippen LogP contribution in [-0.2, 0) is 0 Å². The molecule has 4 heterocycles. The van der Waals surface area contributed by atoms with E-state index in [0.29, 0.717) is 5.92 Å². The molecule has 0 aliphatic carbocycles. The number of aromatic nitrogens is 1. The van der Waals surface area contributed by atoms with Gasteiger partial charge in [-0.3, -0.25) is 4.98 Å². The molecule has 4 heteroatoms. The first kappa shape index (κ1) is 14.5. The van der Waals surface area contributed by atoms with Crippen molar-refractivity contribution in [3.05, 3.63) is 42.7 Å². The molecule has 1 N–H and O–H groups in total. The number of rotatable bonds is 4. The Balaban J connectivity index is 1.43. The van der Waals surface area contributed by atoms with Gasteiger partial charge in [0, 0.05) is 42.0 Å². The van der Waals surface area contributed by atoms with Crippen LogP contribution in [-0.4, -0.2) is 41.2 Å². The third-order valence-electron chi connectivity index (χ3n) is 5.20. The van der Waals surface area contributed by atoms with Crippen LogP contribution >= 0.6 is 0 Å². The maximum Gasteiger partial charge on any atom is 0.127 e. The molecule has 5 rings (SSSR count). The van der Waals surface area contributed by atoms with Crippen LogP contribution in [0.5, 0.6) is 11.5 Å². The Morgan fingerprint density at radius 1 is 1.22 bits per heavy atom. The highest BCUT2D eigenvalue weighted by atomic mass is 16.5. The Kier molecular flexibility index (Phi) is 3.92. The summed E-state index contributed by atoms with van der Waals surface area (Å²) in [6.07, 6.45) is 6.09. The maximum absolute atomic E-state index is 10.3. The quantitative estimate of drug-likeness (QED) is 0.942. The molecule has 1 aromatic heterocycles. The second kappa shape index (κ2) is 6.20. The number of piperidine rings is 3. The molecule has 0 spiro atoms. The Morgan fingerprint density at radius 3 is 2.74 bits per heavy atom. The number of nitrogens with zero attached hydrogens (tertiary/aromatic N) is 2.